The molecule has 1 fully saturated rings. The fourth-order valence-electron chi connectivity index (χ4n) is 3.39. The van der Waals surface area contributed by atoms with Gasteiger partial charge in [0.2, 0.25) is 0 Å². The molecule has 3 aromatic rings. The fraction of sp³-hybridized carbons (Fsp3) is 0.0870. The number of aliphatic hydroxyl groups excluding tert-OH is 1. The first kappa shape index (κ1) is 19.1. The van der Waals surface area contributed by atoms with E-state index in [-0.39, 0.29) is 11.3 Å². The lowest BCUT2D eigenvalue weighted by atomic mass is 9.95. The number of pyridine rings is 1. The predicted molar refractivity (Wildman–Crippen MR) is 114 cm³/mol. The Morgan fingerprint density at radius 3 is 2.31 bits per heavy atom. The average Bonchev–Trinajstić information content (AvgIpc) is 3.00. The fourth-order valence-corrected chi connectivity index (χ4v) is 3.66. The van der Waals surface area contributed by atoms with E-state index in [0.29, 0.717) is 16.9 Å². The molecular formula is C23H17BrN2O3. The highest BCUT2D eigenvalue weighted by Gasteiger charge is 2.47. The molecule has 1 amide bonds. The van der Waals surface area contributed by atoms with Crippen molar-refractivity contribution in [3.63, 3.8) is 0 Å². The molecule has 1 aromatic heterocycles. The van der Waals surface area contributed by atoms with Gasteiger partial charge in [0.05, 0.1) is 11.6 Å². The van der Waals surface area contributed by atoms with E-state index in [0.717, 1.165) is 10.0 Å². The standard InChI is InChI=1S/C23H17BrN2O3/c1-14-5-7-16(8-6-14)21(27)19-20(15-9-11-17(24)12-10-15)26(23(29)22(19)28)18-4-2-3-13-25-18/h2-13,20,27H,1H3/b21-19+. The summed E-state index contributed by atoms with van der Waals surface area (Å²) < 4.78 is 0.870. The number of amides is 1. The number of Topliss-reactive ketones (excluding diaryl/α,β-unsaturated/α-hetero) is 1. The largest absolute Gasteiger partial charge is 0.507 e. The number of aliphatic hydroxyl groups is 1. The van der Waals surface area contributed by atoms with Crippen LogP contribution in [-0.4, -0.2) is 21.8 Å². The molecule has 0 spiro atoms. The normalized spacial score (nSPS) is 18.3. The van der Waals surface area contributed by atoms with Crippen LogP contribution >= 0.6 is 15.9 Å². The Kier molecular flexibility index (Phi) is 5.03. The molecule has 144 valence electrons. The number of ketones is 1. The molecule has 1 aliphatic heterocycles. The van der Waals surface area contributed by atoms with E-state index in [1.807, 2.05) is 43.3 Å². The van der Waals surface area contributed by atoms with Gasteiger partial charge in [0.1, 0.15) is 11.6 Å². The summed E-state index contributed by atoms with van der Waals surface area (Å²) in [6.45, 7) is 1.94. The van der Waals surface area contributed by atoms with E-state index in [1.54, 1.807) is 36.5 Å². The average molecular weight is 449 g/mol. The number of carbonyl (C=O) groups is 2. The molecule has 2 heterocycles. The smallest absolute Gasteiger partial charge is 0.301 e. The SMILES string of the molecule is Cc1ccc(/C(O)=C2\C(=O)C(=O)N(c3ccccn3)C2c2ccc(Br)cc2)cc1. The molecule has 6 heteroatoms. The van der Waals surface area contributed by atoms with Crippen molar-refractivity contribution in [2.24, 2.45) is 0 Å². The molecule has 1 atom stereocenters. The van der Waals surface area contributed by atoms with Crippen LogP contribution in [0.4, 0.5) is 5.82 Å². The van der Waals surface area contributed by atoms with Crippen molar-refractivity contribution < 1.29 is 14.7 Å². The zero-order valence-electron chi connectivity index (χ0n) is 15.5. The Morgan fingerprint density at radius 2 is 1.69 bits per heavy atom. The van der Waals surface area contributed by atoms with Crippen molar-refractivity contribution in [1.29, 1.82) is 0 Å². The van der Waals surface area contributed by atoms with Gasteiger partial charge in [-0.2, -0.15) is 0 Å². The Labute approximate surface area is 176 Å². The first-order valence-electron chi connectivity index (χ1n) is 9.02. The molecule has 2 aromatic carbocycles. The van der Waals surface area contributed by atoms with Crippen LogP contribution < -0.4 is 4.90 Å². The minimum Gasteiger partial charge on any atom is -0.507 e. The second-order valence-electron chi connectivity index (χ2n) is 6.77. The lowest BCUT2D eigenvalue weighted by Gasteiger charge is -2.24. The molecule has 29 heavy (non-hydrogen) atoms. The summed E-state index contributed by atoms with van der Waals surface area (Å²) in [5, 5.41) is 11.0. The van der Waals surface area contributed by atoms with E-state index in [2.05, 4.69) is 20.9 Å². The maximum absolute atomic E-state index is 13.0. The summed E-state index contributed by atoms with van der Waals surface area (Å²) in [6, 6.07) is 18.8. The van der Waals surface area contributed by atoms with E-state index in [4.69, 9.17) is 0 Å². The molecular weight excluding hydrogens is 432 g/mol. The molecule has 4 rings (SSSR count). The summed E-state index contributed by atoms with van der Waals surface area (Å²) >= 11 is 3.40. The number of benzene rings is 2. The number of aromatic nitrogens is 1. The third-order valence-corrected chi connectivity index (χ3v) is 5.38. The van der Waals surface area contributed by atoms with Gasteiger partial charge in [0, 0.05) is 16.2 Å². The van der Waals surface area contributed by atoms with E-state index in [1.165, 1.54) is 4.90 Å². The number of hydrogen-bond acceptors (Lipinski definition) is 4. The molecule has 0 aliphatic carbocycles. The van der Waals surface area contributed by atoms with Crippen LogP contribution in [0.25, 0.3) is 5.76 Å². The van der Waals surface area contributed by atoms with Gasteiger partial charge in [-0.15, -0.1) is 0 Å². The van der Waals surface area contributed by atoms with E-state index in [9.17, 15) is 14.7 Å². The van der Waals surface area contributed by atoms with E-state index >= 15 is 0 Å². The third kappa shape index (κ3) is 3.47. The number of aryl methyl sites for hydroxylation is 1. The quantitative estimate of drug-likeness (QED) is 0.355. The Morgan fingerprint density at radius 1 is 1.00 bits per heavy atom. The monoisotopic (exact) mass is 448 g/mol. The van der Waals surface area contributed by atoms with E-state index < -0.39 is 17.7 Å². The number of nitrogens with zero attached hydrogens (tertiary/aromatic N) is 2. The van der Waals surface area contributed by atoms with Gasteiger partial charge in [-0.1, -0.05) is 64.0 Å². The second kappa shape index (κ2) is 7.64. The molecule has 1 aliphatic rings. The molecule has 0 radical (unpaired) electrons. The Balaban J connectivity index is 1.94. The number of hydrogen-bond donors (Lipinski definition) is 1. The van der Waals surface area contributed by atoms with Crippen LogP contribution in [0.1, 0.15) is 22.7 Å². The number of carbonyl (C=O) groups excluding carboxylic acids is 2. The lowest BCUT2D eigenvalue weighted by Crippen LogP contribution is -2.30. The molecule has 0 saturated carbocycles. The first-order valence-corrected chi connectivity index (χ1v) is 9.81. The van der Waals surface area contributed by atoms with Crippen LogP contribution in [0, 0.1) is 6.92 Å². The topological polar surface area (TPSA) is 70.5 Å². The zero-order valence-corrected chi connectivity index (χ0v) is 17.1. The van der Waals surface area contributed by atoms with Crippen molar-refractivity contribution in [3.8, 4) is 0 Å². The summed E-state index contributed by atoms with van der Waals surface area (Å²) in [4.78, 5) is 31.5. The highest BCUT2D eigenvalue weighted by Crippen LogP contribution is 2.41. The highest BCUT2D eigenvalue weighted by molar-refractivity contribution is 9.10. The minimum absolute atomic E-state index is 0.0480. The summed E-state index contributed by atoms with van der Waals surface area (Å²) in [5.74, 6) is -1.30. The summed E-state index contributed by atoms with van der Waals surface area (Å²) in [7, 11) is 0. The van der Waals surface area contributed by atoms with Gasteiger partial charge < -0.3 is 5.11 Å². The second-order valence-corrected chi connectivity index (χ2v) is 7.69. The Bertz CT molecular complexity index is 1110. The van der Waals surface area contributed by atoms with Crippen molar-refractivity contribution in [2.75, 3.05) is 4.90 Å². The van der Waals surface area contributed by atoms with Crippen LogP contribution in [0.5, 0.6) is 0 Å². The predicted octanol–water partition coefficient (Wildman–Crippen LogP) is 4.78. The maximum atomic E-state index is 13.0. The number of halogens is 1. The van der Waals surface area contributed by atoms with Gasteiger partial charge >= 0.3 is 5.91 Å². The van der Waals surface area contributed by atoms with Gasteiger partial charge in [0.25, 0.3) is 5.78 Å². The molecule has 1 unspecified atom stereocenters. The van der Waals surface area contributed by atoms with Gasteiger partial charge in [0.15, 0.2) is 0 Å². The molecule has 1 N–H and O–H groups in total. The third-order valence-electron chi connectivity index (χ3n) is 4.85. The van der Waals surface area contributed by atoms with Gasteiger partial charge in [-0.3, -0.25) is 14.5 Å². The lowest BCUT2D eigenvalue weighted by molar-refractivity contribution is -0.132. The van der Waals surface area contributed by atoms with Crippen molar-refractivity contribution >= 4 is 39.2 Å². The van der Waals surface area contributed by atoms with Crippen molar-refractivity contribution in [2.45, 2.75) is 13.0 Å². The molecule has 5 nitrogen and oxygen atoms in total. The molecule has 0 bridgehead atoms. The summed E-state index contributed by atoms with van der Waals surface area (Å²) in [5.41, 5.74) is 2.26. The van der Waals surface area contributed by atoms with Crippen LogP contribution in [0.3, 0.4) is 0 Å². The van der Waals surface area contributed by atoms with Gasteiger partial charge in [-0.25, -0.2) is 4.98 Å². The molecule has 1 saturated heterocycles. The summed E-state index contributed by atoms with van der Waals surface area (Å²) in [6.07, 6.45) is 1.56. The van der Waals surface area contributed by atoms with Gasteiger partial charge in [-0.05, 0) is 36.8 Å². The highest BCUT2D eigenvalue weighted by atomic mass is 79.9. The number of anilines is 1. The van der Waals surface area contributed by atoms with Crippen LogP contribution in [0.15, 0.2) is 83.0 Å². The maximum Gasteiger partial charge on any atom is 0.301 e. The first-order chi connectivity index (χ1) is 14.0. The van der Waals surface area contributed by atoms with Crippen molar-refractivity contribution in [3.05, 3.63) is 99.7 Å². The van der Waals surface area contributed by atoms with Crippen LogP contribution in [0.2, 0.25) is 0 Å². The zero-order chi connectivity index (χ0) is 20.5. The minimum atomic E-state index is -0.778. The van der Waals surface area contributed by atoms with Crippen LogP contribution in [-0.2, 0) is 9.59 Å². The number of rotatable bonds is 3. The van der Waals surface area contributed by atoms with Crippen molar-refractivity contribution in [1.82, 2.24) is 4.98 Å². The Hall–Kier alpha value is -3.25.